The van der Waals surface area contributed by atoms with Crippen LogP contribution in [0.15, 0.2) is 72.8 Å². The van der Waals surface area contributed by atoms with Gasteiger partial charge in [-0.05, 0) is 86.7 Å². The number of carboxylic acids is 1. The Bertz CT molecular complexity index is 1170. The van der Waals surface area contributed by atoms with Gasteiger partial charge in [-0.15, -0.1) is 0 Å². The van der Waals surface area contributed by atoms with Crippen LogP contribution >= 0.6 is 11.6 Å². The first-order chi connectivity index (χ1) is 17.0. The summed E-state index contributed by atoms with van der Waals surface area (Å²) < 4.78 is 5.54. The number of carboxylic acid groups (broad SMARTS) is 1. The minimum absolute atomic E-state index is 0.257. The van der Waals surface area contributed by atoms with E-state index in [0.29, 0.717) is 17.1 Å². The van der Waals surface area contributed by atoms with Crippen LogP contribution in [0.5, 0.6) is 0 Å². The molecule has 0 saturated carbocycles. The maximum atomic E-state index is 12.8. The lowest BCUT2D eigenvalue weighted by atomic mass is 10.0. The third-order valence-corrected chi connectivity index (χ3v) is 5.83. The molecule has 36 heavy (non-hydrogen) atoms. The Labute approximate surface area is 216 Å². The summed E-state index contributed by atoms with van der Waals surface area (Å²) >= 11 is 6.07. The summed E-state index contributed by atoms with van der Waals surface area (Å²) in [6.45, 7) is 5.87. The van der Waals surface area contributed by atoms with Gasteiger partial charge in [0.15, 0.2) is 0 Å². The van der Waals surface area contributed by atoms with Crippen LogP contribution in [0, 0.1) is 0 Å². The molecule has 0 fully saturated rings. The Hall–Kier alpha value is -3.19. The number of halogens is 1. The summed E-state index contributed by atoms with van der Waals surface area (Å²) in [6, 6.07) is 20.7. The van der Waals surface area contributed by atoms with E-state index in [1.165, 1.54) is 0 Å². The highest BCUT2D eigenvalue weighted by Crippen LogP contribution is 2.24. The SMILES string of the molecule is CC(C)(C)OC(=O)C(NCCCc1ccc(-c2ccc(C(=O)O)cc2)cc1)[C@H](O)c1cccc(Cl)c1. The van der Waals surface area contributed by atoms with Gasteiger partial charge in [-0.25, -0.2) is 4.79 Å². The Morgan fingerprint density at radius 3 is 2.14 bits per heavy atom. The molecule has 3 N–H and O–H groups in total. The van der Waals surface area contributed by atoms with E-state index in [-0.39, 0.29) is 5.56 Å². The molecule has 1 unspecified atom stereocenters. The predicted molar refractivity (Wildman–Crippen MR) is 141 cm³/mol. The van der Waals surface area contributed by atoms with E-state index in [2.05, 4.69) is 5.32 Å². The number of carbonyl (C=O) groups excluding carboxylic acids is 1. The van der Waals surface area contributed by atoms with Crippen molar-refractivity contribution in [3.8, 4) is 11.1 Å². The maximum absolute atomic E-state index is 12.8. The van der Waals surface area contributed by atoms with Crippen molar-refractivity contribution >= 4 is 23.5 Å². The number of aliphatic hydroxyl groups excluding tert-OH is 1. The topological polar surface area (TPSA) is 95.9 Å². The molecule has 190 valence electrons. The average molecular weight is 510 g/mol. The number of hydrogen-bond donors (Lipinski definition) is 3. The number of aryl methyl sites for hydroxylation is 1. The van der Waals surface area contributed by atoms with Crippen LogP contribution in [0.4, 0.5) is 0 Å². The van der Waals surface area contributed by atoms with E-state index in [1.54, 1.807) is 69.3 Å². The largest absolute Gasteiger partial charge is 0.478 e. The molecule has 0 bridgehead atoms. The van der Waals surface area contributed by atoms with Crippen LogP contribution < -0.4 is 5.32 Å². The monoisotopic (exact) mass is 509 g/mol. The Morgan fingerprint density at radius 2 is 1.58 bits per heavy atom. The van der Waals surface area contributed by atoms with Crippen LogP contribution in [0.1, 0.15) is 54.8 Å². The number of ether oxygens (including phenoxy) is 1. The minimum Gasteiger partial charge on any atom is -0.478 e. The molecular weight excluding hydrogens is 478 g/mol. The summed E-state index contributed by atoms with van der Waals surface area (Å²) in [6.07, 6.45) is 0.415. The second-order valence-electron chi connectivity index (χ2n) is 9.65. The summed E-state index contributed by atoms with van der Waals surface area (Å²) in [5.41, 5.74) is 3.20. The normalized spacial score (nSPS) is 13.1. The van der Waals surface area contributed by atoms with Gasteiger partial charge >= 0.3 is 11.9 Å². The van der Waals surface area contributed by atoms with Crippen molar-refractivity contribution in [2.45, 2.75) is 51.4 Å². The van der Waals surface area contributed by atoms with Gasteiger partial charge in [-0.2, -0.15) is 0 Å². The van der Waals surface area contributed by atoms with Crippen LogP contribution in [0.25, 0.3) is 11.1 Å². The van der Waals surface area contributed by atoms with Gasteiger partial charge in [0, 0.05) is 5.02 Å². The van der Waals surface area contributed by atoms with Gasteiger partial charge in [0.1, 0.15) is 17.7 Å². The van der Waals surface area contributed by atoms with Crippen molar-refractivity contribution in [2.24, 2.45) is 0 Å². The first-order valence-electron chi connectivity index (χ1n) is 11.9. The van der Waals surface area contributed by atoms with Gasteiger partial charge in [0.05, 0.1) is 5.56 Å². The molecule has 3 aromatic carbocycles. The van der Waals surface area contributed by atoms with E-state index in [9.17, 15) is 14.7 Å². The van der Waals surface area contributed by atoms with Crippen molar-refractivity contribution in [3.63, 3.8) is 0 Å². The molecule has 3 aromatic rings. The number of hydrogen-bond acceptors (Lipinski definition) is 5. The van der Waals surface area contributed by atoms with Crippen LogP contribution in [-0.2, 0) is 16.0 Å². The third-order valence-electron chi connectivity index (χ3n) is 5.59. The lowest BCUT2D eigenvalue weighted by Gasteiger charge is -2.27. The number of carbonyl (C=O) groups is 2. The van der Waals surface area contributed by atoms with Gasteiger partial charge in [-0.1, -0.05) is 60.1 Å². The highest BCUT2D eigenvalue weighted by Gasteiger charge is 2.31. The zero-order valence-corrected chi connectivity index (χ0v) is 21.5. The van der Waals surface area contributed by atoms with Crippen molar-refractivity contribution in [3.05, 3.63) is 94.5 Å². The Morgan fingerprint density at radius 1 is 0.972 bits per heavy atom. The van der Waals surface area contributed by atoms with E-state index in [4.69, 9.17) is 21.4 Å². The highest BCUT2D eigenvalue weighted by atomic mass is 35.5. The van der Waals surface area contributed by atoms with Gasteiger partial charge in [0.2, 0.25) is 0 Å². The summed E-state index contributed by atoms with van der Waals surface area (Å²) in [5.74, 6) is -1.47. The number of esters is 1. The summed E-state index contributed by atoms with van der Waals surface area (Å²) in [7, 11) is 0. The fourth-order valence-corrected chi connectivity index (χ4v) is 3.99. The summed E-state index contributed by atoms with van der Waals surface area (Å²) in [5, 5.41) is 23.6. The molecule has 0 radical (unpaired) electrons. The van der Waals surface area contributed by atoms with Gasteiger partial charge in [0.25, 0.3) is 0 Å². The molecule has 0 amide bonds. The molecular formula is C29H32ClNO5. The molecule has 2 atom stereocenters. The third kappa shape index (κ3) is 7.92. The van der Waals surface area contributed by atoms with E-state index < -0.39 is 29.7 Å². The molecule has 0 aliphatic heterocycles. The van der Waals surface area contributed by atoms with Gasteiger partial charge < -0.3 is 20.3 Å². The number of rotatable bonds is 10. The second kappa shape index (κ2) is 12.2. The second-order valence-corrected chi connectivity index (χ2v) is 10.1. The molecule has 0 aliphatic rings. The van der Waals surface area contributed by atoms with Crippen molar-refractivity contribution in [1.82, 2.24) is 5.32 Å². The molecule has 0 heterocycles. The van der Waals surface area contributed by atoms with Crippen LogP contribution in [0.2, 0.25) is 5.02 Å². The number of aromatic carboxylic acids is 1. The van der Waals surface area contributed by atoms with Crippen LogP contribution in [-0.4, -0.2) is 40.3 Å². The molecule has 0 saturated heterocycles. The fraction of sp³-hybridized carbons (Fsp3) is 0.310. The molecule has 3 rings (SSSR count). The maximum Gasteiger partial charge on any atom is 0.335 e. The zero-order chi connectivity index (χ0) is 26.3. The minimum atomic E-state index is -1.11. The molecule has 0 aromatic heterocycles. The van der Waals surface area contributed by atoms with Crippen molar-refractivity contribution in [2.75, 3.05) is 6.54 Å². The highest BCUT2D eigenvalue weighted by molar-refractivity contribution is 6.30. The van der Waals surface area contributed by atoms with Crippen molar-refractivity contribution < 1.29 is 24.5 Å². The summed E-state index contributed by atoms with van der Waals surface area (Å²) in [4.78, 5) is 23.9. The lowest BCUT2D eigenvalue weighted by Crippen LogP contribution is -2.45. The lowest BCUT2D eigenvalue weighted by molar-refractivity contribution is -0.160. The number of aliphatic hydroxyl groups is 1. The zero-order valence-electron chi connectivity index (χ0n) is 20.7. The fourth-order valence-electron chi connectivity index (χ4n) is 3.79. The molecule has 7 heteroatoms. The van der Waals surface area contributed by atoms with E-state index in [0.717, 1.165) is 29.5 Å². The number of nitrogens with one attached hydrogen (secondary N) is 1. The number of benzene rings is 3. The van der Waals surface area contributed by atoms with Gasteiger partial charge in [-0.3, -0.25) is 4.79 Å². The van der Waals surface area contributed by atoms with Crippen molar-refractivity contribution in [1.29, 1.82) is 0 Å². The average Bonchev–Trinajstić information content (AvgIpc) is 2.83. The molecule has 0 aliphatic carbocycles. The first kappa shape index (κ1) is 27.4. The first-order valence-corrected chi connectivity index (χ1v) is 12.2. The quantitative estimate of drug-likeness (QED) is 0.241. The van der Waals surface area contributed by atoms with E-state index in [1.807, 2.05) is 24.3 Å². The molecule has 6 nitrogen and oxygen atoms in total. The smallest absolute Gasteiger partial charge is 0.335 e. The molecule has 0 spiro atoms. The standard InChI is InChI=1S/C29H32ClNO5/c1-29(2,3)36-28(35)25(26(32)23-7-4-8-24(30)18-23)31-17-5-6-19-9-11-20(12-10-19)21-13-15-22(16-14-21)27(33)34/h4,7-16,18,25-26,31-32H,5-6,17H2,1-3H3,(H,33,34)/t25?,26-/m1/s1. The Balaban J connectivity index is 1.60. The van der Waals surface area contributed by atoms with E-state index >= 15 is 0 Å². The predicted octanol–water partition coefficient (Wildman–Crippen LogP) is 5.67. The Kier molecular flexibility index (Phi) is 9.26. The van der Waals surface area contributed by atoms with Crippen LogP contribution in [0.3, 0.4) is 0 Å².